The van der Waals surface area contributed by atoms with Crippen molar-refractivity contribution in [3.05, 3.63) is 68.8 Å². The normalized spacial score (nSPS) is 10.6. The van der Waals surface area contributed by atoms with E-state index in [1.807, 2.05) is 31.2 Å². The van der Waals surface area contributed by atoms with Crippen molar-refractivity contribution in [1.82, 2.24) is 0 Å². The molecule has 24 heavy (non-hydrogen) atoms. The van der Waals surface area contributed by atoms with Crippen LogP contribution in [-0.4, -0.2) is 5.91 Å². The molecule has 3 aromatic rings. The fourth-order valence-corrected chi connectivity index (χ4v) is 3.45. The van der Waals surface area contributed by atoms with Gasteiger partial charge in [0.2, 0.25) is 0 Å². The second-order valence-corrected chi connectivity index (χ2v) is 7.08. The van der Waals surface area contributed by atoms with Gasteiger partial charge in [-0.05, 0) is 70.9 Å². The van der Waals surface area contributed by atoms with Crippen molar-refractivity contribution in [1.29, 1.82) is 0 Å². The van der Waals surface area contributed by atoms with Gasteiger partial charge in [0.15, 0.2) is 5.76 Å². The molecule has 1 aromatic heterocycles. The molecule has 0 radical (unpaired) electrons. The number of halogens is 2. The van der Waals surface area contributed by atoms with Gasteiger partial charge in [0, 0.05) is 25.9 Å². The zero-order valence-corrected chi connectivity index (χ0v) is 15.9. The first-order valence-corrected chi connectivity index (χ1v) is 8.75. The van der Waals surface area contributed by atoms with Crippen LogP contribution in [0.2, 0.25) is 0 Å². The molecule has 0 spiro atoms. The summed E-state index contributed by atoms with van der Waals surface area (Å²) >= 11 is 6.90. The predicted molar refractivity (Wildman–Crippen MR) is 103 cm³/mol. The van der Waals surface area contributed by atoms with Crippen molar-refractivity contribution >= 4 is 49.1 Å². The van der Waals surface area contributed by atoms with Crippen molar-refractivity contribution in [3.63, 3.8) is 0 Å². The Morgan fingerprint density at radius 2 is 1.88 bits per heavy atom. The molecule has 0 saturated heterocycles. The smallest absolute Gasteiger partial charge is 0.291 e. The van der Waals surface area contributed by atoms with E-state index in [1.54, 1.807) is 24.3 Å². The standard InChI is InChI=1S/C18H14Br2N2O2/c1-10-2-4-12(9-15(10)21)22-18(23)17-7-6-16(24-17)13-5-3-11(19)8-14(13)20/h2-9H,21H2,1H3,(H,22,23). The van der Waals surface area contributed by atoms with Crippen LogP contribution in [0.25, 0.3) is 11.3 Å². The lowest BCUT2D eigenvalue weighted by atomic mass is 10.2. The van der Waals surface area contributed by atoms with Gasteiger partial charge in [-0.3, -0.25) is 4.79 Å². The number of furan rings is 1. The van der Waals surface area contributed by atoms with Crippen molar-refractivity contribution in [2.75, 3.05) is 11.1 Å². The molecule has 0 saturated carbocycles. The van der Waals surface area contributed by atoms with E-state index in [4.69, 9.17) is 10.2 Å². The third kappa shape index (κ3) is 3.55. The molecule has 0 unspecified atom stereocenters. The highest BCUT2D eigenvalue weighted by Crippen LogP contribution is 2.32. The van der Waals surface area contributed by atoms with Crippen LogP contribution in [-0.2, 0) is 0 Å². The number of nitrogens with two attached hydrogens (primary N) is 1. The van der Waals surface area contributed by atoms with E-state index >= 15 is 0 Å². The molecule has 0 aliphatic heterocycles. The maximum absolute atomic E-state index is 12.3. The molecule has 0 fully saturated rings. The number of nitrogen functional groups attached to an aromatic ring is 1. The molecular weight excluding hydrogens is 436 g/mol. The van der Waals surface area contributed by atoms with Crippen LogP contribution in [0.4, 0.5) is 11.4 Å². The van der Waals surface area contributed by atoms with Gasteiger partial charge in [0.25, 0.3) is 5.91 Å². The first-order chi connectivity index (χ1) is 11.4. The molecule has 3 N–H and O–H groups in total. The summed E-state index contributed by atoms with van der Waals surface area (Å²) in [4.78, 5) is 12.3. The van der Waals surface area contributed by atoms with E-state index < -0.39 is 0 Å². The topological polar surface area (TPSA) is 68.3 Å². The number of benzene rings is 2. The lowest BCUT2D eigenvalue weighted by Gasteiger charge is -2.06. The minimum atomic E-state index is -0.322. The molecule has 2 aromatic carbocycles. The molecule has 0 aliphatic carbocycles. The second-order valence-electron chi connectivity index (χ2n) is 5.31. The summed E-state index contributed by atoms with van der Waals surface area (Å²) in [6.07, 6.45) is 0. The molecule has 0 aliphatic rings. The minimum Gasteiger partial charge on any atom is -0.451 e. The molecule has 3 rings (SSSR count). The number of amides is 1. The molecule has 0 atom stereocenters. The number of carbonyl (C=O) groups excluding carboxylic acids is 1. The van der Waals surface area contributed by atoms with Crippen molar-refractivity contribution in [3.8, 4) is 11.3 Å². The summed E-state index contributed by atoms with van der Waals surface area (Å²) in [5.74, 6) is 0.527. The summed E-state index contributed by atoms with van der Waals surface area (Å²) in [5, 5.41) is 2.78. The average Bonchev–Trinajstić information content (AvgIpc) is 3.01. The molecular formula is C18H14Br2N2O2. The Labute approximate surface area is 156 Å². The second kappa shape index (κ2) is 6.83. The fourth-order valence-electron chi connectivity index (χ4n) is 2.20. The SMILES string of the molecule is Cc1ccc(NC(=O)c2ccc(-c3ccc(Br)cc3Br)o2)cc1N. The molecule has 122 valence electrons. The number of hydrogen-bond acceptors (Lipinski definition) is 3. The number of hydrogen-bond donors (Lipinski definition) is 2. The zero-order chi connectivity index (χ0) is 17.3. The van der Waals surface area contributed by atoms with Gasteiger partial charge in [-0.15, -0.1) is 0 Å². The highest BCUT2D eigenvalue weighted by Gasteiger charge is 2.14. The summed E-state index contributed by atoms with van der Waals surface area (Å²) < 4.78 is 7.53. The molecule has 0 bridgehead atoms. The van der Waals surface area contributed by atoms with Crippen molar-refractivity contribution in [2.24, 2.45) is 0 Å². The highest BCUT2D eigenvalue weighted by molar-refractivity contribution is 9.11. The third-order valence-electron chi connectivity index (χ3n) is 3.56. The Hall–Kier alpha value is -2.05. The molecule has 4 nitrogen and oxygen atoms in total. The van der Waals surface area contributed by atoms with Crippen LogP contribution in [0.5, 0.6) is 0 Å². The first kappa shape index (κ1) is 16.8. The number of carbonyl (C=O) groups is 1. The monoisotopic (exact) mass is 448 g/mol. The van der Waals surface area contributed by atoms with Crippen molar-refractivity contribution < 1.29 is 9.21 Å². The Balaban J connectivity index is 1.82. The summed E-state index contributed by atoms with van der Waals surface area (Å²) in [7, 11) is 0. The maximum Gasteiger partial charge on any atom is 0.291 e. The molecule has 6 heteroatoms. The van der Waals surface area contributed by atoms with Crippen LogP contribution in [0, 0.1) is 6.92 Å². The Kier molecular flexibility index (Phi) is 4.78. The molecule has 1 amide bonds. The van der Waals surface area contributed by atoms with E-state index in [2.05, 4.69) is 37.2 Å². The number of rotatable bonds is 3. The van der Waals surface area contributed by atoms with E-state index in [-0.39, 0.29) is 11.7 Å². The van der Waals surface area contributed by atoms with Gasteiger partial charge in [-0.1, -0.05) is 22.0 Å². The summed E-state index contributed by atoms with van der Waals surface area (Å²) in [6.45, 7) is 1.91. The average molecular weight is 450 g/mol. The zero-order valence-electron chi connectivity index (χ0n) is 12.8. The summed E-state index contributed by atoms with van der Waals surface area (Å²) in [6, 6.07) is 14.6. The van der Waals surface area contributed by atoms with Crippen LogP contribution in [0.15, 0.2) is 61.9 Å². The van der Waals surface area contributed by atoms with E-state index in [9.17, 15) is 4.79 Å². The van der Waals surface area contributed by atoms with E-state index in [0.717, 1.165) is 20.1 Å². The lowest BCUT2D eigenvalue weighted by Crippen LogP contribution is -2.11. The van der Waals surface area contributed by atoms with Gasteiger partial charge in [0.1, 0.15) is 5.76 Å². The Morgan fingerprint density at radius 1 is 1.08 bits per heavy atom. The minimum absolute atomic E-state index is 0.235. The Bertz CT molecular complexity index is 919. The number of aryl methyl sites for hydroxylation is 1. The highest BCUT2D eigenvalue weighted by atomic mass is 79.9. The van der Waals surface area contributed by atoms with Gasteiger partial charge in [-0.25, -0.2) is 0 Å². The Morgan fingerprint density at radius 3 is 2.58 bits per heavy atom. The van der Waals surface area contributed by atoms with Gasteiger partial charge in [0.05, 0.1) is 0 Å². The van der Waals surface area contributed by atoms with Crippen LogP contribution < -0.4 is 11.1 Å². The number of anilines is 2. The summed E-state index contributed by atoms with van der Waals surface area (Å²) in [5.41, 5.74) is 8.96. The largest absolute Gasteiger partial charge is 0.451 e. The van der Waals surface area contributed by atoms with E-state index in [0.29, 0.717) is 17.1 Å². The lowest BCUT2D eigenvalue weighted by molar-refractivity contribution is 0.0997. The van der Waals surface area contributed by atoms with E-state index in [1.165, 1.54) is 0 Å². The predicted octanol–water partition coefficient (Wildman–Crippen LogP) is 5.61. The maximum atomic E-state index is 12.3. The van der Waals surface area contributed by atoms with Crippen LogP contribution in [0.3, 0.4) is 0 Å². The van der Waals surface area contributed by atoms with Gasteiger partial charge >= 0.3 is 0 Å². The first-order valence-electron chi connectivity index (χ1n) is 7.17. The third-order valence-corrected chi connectivity index (χ3v) is 4.71. The van der Waals surface area contributed by atoms with Gasteiger partial charge in [-0.2, -0.15) is 0 Å². The quantitative estimate of drug-likeness (QED) is 0.510. The van der Waals surface area contributed by atoms with Crippen molar-refractivity contribution in [2.45, 2.75) is 6.92 Å². The van der Waals surface area contributed by atoms with Crippen LogP contribution >= 0.6 is 31.9 Å². The fraction of sp³-hybridized carbons (Fsp3) is 0.0556. The number of nitrogens with one attached hydrogen (secondary N) is 1. The van der Waals surface area contributed by atoms with Gasteiger partial charge < -0.3 is 15.5 Å². The molecule has 1 heterocycles. The van der Waals surface area contributed by atoms with Crippen LogP contribution in [0.1, 0.15) is 16.1 Å².